The summed E-state index contributed by atoms with van der Waals surface area (Å²) in [6.45, 7) is 2.07. The summed E-state index contributed by atoms with van der Waals surface area (Å²) in [5.74, 6) is 1.90. The van der Waals surface area contributed by atoms with Crippen molar-refractivity contribution in [1.82, 2.24) is 10.6 Å². The number of benzene rings is 2. The Morgan fingerprint density at radius 2 is 1.82 bits per heavy atom. The molecule has 2 aromatic rings. The van der Waals surface area contributed by atoms with Crippen molar-refractivity contribution in [2.24, 2.45) is 4.99 Å². The monoisotopic (exact) mass is 388 g/mol. The Hall–Kier alpha value is -2.96. The second-order valence-corrected chi connectivity index (χ2v) is 6.27. The van der Waals surface area contributed by atoms with E-state index >= 15 is 0 Å². The van der Waals surface area contributed by atoms with Crippen molar-refractivity contribution in [2.75, 3.05) is 46.3 Å². The number of guanidine groups is 1. The van der Waals surface area contributed by atoms with Gasteiger partial charge in [-0.3, -0.25) is 4.99 Å². The number of halogens is 1. The Kier molecular flexibility index (Phi) is 8.39. The molecule has 0 amide bonds. The van der Waals surface area contributed by atoms with Gasteiger partial charge in [-0.2, -0.15) is 0 Å². The van der Waals surface area contributed by atoms with E-state index in [9.17, 15) is 4.39 Å². The molecule has 2 aromatic carbocycles. The van der Waals surface area contributed by atoms with Crippen LogP contribution in [-0.2, 0) is 6.54 Å². The molecule has 0 fully saturated rings. The smallest absolute Gasteiger partial charge is 0.191 e. The Labute approximate surface area is 166 Å². The summed E-state index contributed by atoms with van der Waals surface area (Å²) in [6, 6.07) is 12.6. The van der Waals surface area contributed by atoms with Gasteiger partial charge in [-0.1, -0.05) is 18.2 Å². The number of hydrogen-bond donors (Lipinski definition) is 2. The van der Waals surface area contributed by atoms with Gasteiger partial charge in [-0.15, -0.1) is 0 Å². The Balaban J connectivity index is 1.77. The minimum atomic E-state index is -0.203. The Bertz CT molecular complexity index is 783. The summed E-state index contributed by atoms with van der Waals surface area (Å²) in [4.78, 5) is 6.15. The molecule has 0 saturated carbocycles. The minimum absolute atomic E-state index is 0.203. The van der Waals surface area contributed by atoms with Crippen LogP contribution in [0.4, 0.5) is 10.1 Å². The molecule has 0 radical (unpaired) electrons. The maximum Gasteiger partial charge on any atom is 0.191 e. The lowest BCUT2D eigenvalue weighted by molar-refractivity contribution is 0.354. The van der Waals surface area contributed by atoms with Crippen molar-refractivity contribution >= 4 is 11.6 Å². The molecule has 7 heteroatoms. The van der Waals surface area contributed by atoms with Crippen LogP contribution in [0.15, 0.2) is 47.5 Å². The molecule has 0 spiro atoms. The lowest BCUT2D eigenvalue weighted by atomic mass is 10.2. The van der Waals surface area contributed by atoms with E-state index in [0.717, 1.165) is 25.1 Å². The third kappa shape index (κ3) is 6.04. The minimum Gasteiger partial charge on any atom is -0.493 e. The van der Waals surface area contributed by atoms with Gasteiger partial charge in [0.15, 0.2) is 17.5 Å². The van der Waals surface area contributed by atoms with E-state index in [1.807, 2.05) is 36.2 Å². The molecule has 0 aromatic heterocycles. The molecule has 0 aliphatic carbocycles. The first-order chi connectivity index (χ1) is 13.6. The van der Waals surface area contributed by atoms with Gasteiger partial charge in [0.2, 0.25) is 0 Å². The summed E-state index contributed by atoms with van der Waals surface area (Å²) in [7, 11) is 6.86. The topological polar surface area (TPSA) is 58.1 Å². The molecule has 0 atom stereocenters. The predicted molar refractivity (Wildman–Crippen MR) is 112 cm³/mol. The fourth-order valence-corrected chi connectivity index (χ4v) is 2.80. The predicted octanol–water partition coefficient (Wildman–Crippen LogP) is 3.03. The summed E-state index contributed by atoms with van der Waals surface area (Å²) in [6.07, 6.45) is 0.849. The number of hydrogen-bond acceptors (Lipinski definition) is 4. The van der Waals surface area contributed by atoms with Gasteiger partial charge in [0.05, 0.1) is 19.9 Å². The number of methoxy groups -OCH3 is 2. The molecular formula is C21H29FN4O2. The molecule has 2 N–H and O–H groups in total. The van der Waals surface area contributed by atoms with Gasteiger partial charge in [-0.05, 0) is 36.2 Å². The van der Waals surface area contributed by atoms with E-state index in [1.165, 1.54) is 6.07 Å². The van der Waals surface area contributed by atoms with E-state index in [-0.39, 0.29) is 5.82 Å². The van der Waals surface area contributed by atoms with Crippen LogP contribution < -0.4 is 25.0 Å². The van der Waals surface area contributed by atoms with Gasteiger partial charge in [0.1, 0.15) is 5.82 Å². The standard InChI is InChI=1S/C21H29FN4O2/c1-23-21(25-15-16-10-11-19(27-3)20(14-16)28-4)24-12-7-13-26(2)18-9-6-5-8-17(18)22/h5-6,8-11,14H,7,12-13,15H2,1-4H3,(H2,23,24,25). The van der Waals surface area contributed by atoms with Crippen LogP contribution in [0.25, 0.3) is 0 Å². The second-order valence-electron chi connectivity index (χ2n) is 6.27. The maximum absolute atomic E-state index is 13.8. The molecule has 0 saturated heterocycles. The van der Waals surface area contributed by atoms with E-state index < -0.39 is 0 Å². The zero-order valence-electron chi connectivity index (χ0n) is 17.0. The van der Waals surface area contributed by atoms with Crippen LogP contribution in [0.1, 0.15) is 12.0 Å². The van der Waals surface area contributed by atoms with Gasteiger partial charge in [0.25, 0.3) is 0 Å². The number of ether oxygens (including phenoxy) is 2. The van der Waals surface area contributed by atoms with Crippen molar-refractivity contribution in [2.45, 2.75) is 13.0 Å². The molecular weight excluding hydrogens is 359 g/mol. The molecule has 2 rings (SSSR count). The third-order valence-electron chi connectivity index (χ3n) is 4.36. The highest BCUT2D eigenvalue weighted by molar-refractivity contribution is 5.79. The molecule has 6 nitrogen and oxygen atoms in total. The third-order valence-corrected chi connectivity index (χ3v) is 4.36. The van der Waals surface area contributed by atoms with Crippen LogP contribution in [0.2, 0.25) is 0 Å². The van der Waals surface area contributed by atoms with E-state index in [0.29, 0.717) is 29.7 Å². The SMILES string of the molecule is CN=C(NCCCN(C)c1ccccc1F)NCc1ccc(OC)c(OC)c1. The summed E-state index contributed by atoms with van der Waals surface area (Å²) in [5.41, 5.74) is 1.67. The largest absolute Gasteiger partial charge is 0.493 e. The van der Waals surface area contributed by atoms with Gasteiger partial charge in [-0.25, -0.2) is 4.39 Å². The van der Waals surface area contributed by atoms with Crippen LogP contribution in [-0.4, -0.2) is 47.4 Å². The molecule has 0 heterocycles. The number of aliphatic imine (C=N–C) groups is 1. The normalized spacial score (nSPS) is 11.1. The lowest BCUT2D eigenvalue weighted by Crippen LogP contribution is -2.38. The van der Waals surface area contributed by atoms with Crippen molar-refractivity contribution in [1.29, 1.82) is 0 Å². The maximum atomic E-state index is 13.8. The lowest BCUT2D eigenvalue weighted by Gasteiger charge is -2.20. The van der Waals surface area contributed by atoms with Crippen molar-refractivity contribution < 1.29 is 13.9 Å². The van der Waals surface area contributed by atoms with E-state index in [2.05, 4.69) is 15.6 Å². The number of nitrogens with one attached hydrogen (secondary N) is 2. The van der Waals surface area contributed by atoms with Crippen LogP contribution >= 0.6 is 0 Å². The molecule has 28 heavy (non-hydrogen) atoms. The fourth-order valence-electron chi connectivity index (χ4n) is 2.80. The number of para-hydroxylation sites is 1. The van der Waals surface area contributed by atoms with Gasteiger partial charge < -0.3 is 25.0 Å². The average Bonchev–Trinajstić information content (AvgIpc) is 2.73. The van der Waals surface area contributed by atoms with Gasteiger partial charge >= 0.3 is 0 Å². The highest BCUT2D eigenvalue weighted by atomic mass is 19.1. The summed E-state index contributed by atoms with van der Waals surface area (Å²) >= 11 is 0. The van der Waals surface area contributed by atoms with Crippen molar-refractivity contribution in [3.8, 4) is 11.5 Å². The Morgan fingerprint density at radius 3 is 2.50 bits per heavy atom. The number of nitrogens with zero attached hydrogens (tertiary/aromatic N) is 2. The van der Waals surface area contributed by atoms with Crippen LogP contribution in [0.3, 0.4) is 0 Å². The molecule has 152 valence electrons. The molecule has 0 bridgehead atoms. The molecule has 0 aliphatic rings. The van der Waals surface area contributed by atoms with Crippen molar-refractivity contribution in [3.63, 3.8) is 0 Å². The van der Waals surface area contributed by atoms with E-state index in [1.54, 1.807) is 33.4 Å². The Morgan fingerprint density at radius 1 is 1.07 bits per heavy atom. The first-order valence-corrected chi connectivity index (χ1v) is 9.20. The molecule has 0 aliphatic heterocycles. The zero-order valence-corrected chi connectivity index (χ0v) is 17.0. The molecule has 0 unspecified atom stereocenters. The number of anilines is 1. The summed E-state index contributed by atoms with van der Waals surface area (Å²) in [5, 5.41) is 6.55. The zero-order chi connectivity index (χ0) is 20.4. The first-order valence-electron chi connectivity index (χ1n) is 9.20. The number of rotatable bonds is 9. The second kappa shape index (κ2) is 11.0. The quantitative estimate of drug-likeness (QED) is 0.393. The highest BCUT2D eigenvalue weighted by Crippen LogP contribution is 2.27. The van der Waals surface area contributed by atoms with Crippen molar-refractivity contribution in [3.05, 3.63) is 53.8 Å². The van der Waals surface area contributed by atoms with Crippen LogP contribution in [0, 0.1) is 5.82 Å². The fraction of sp³-hybridized carbons (Fsp3) is 0.381. The van der Waals surface area contributed by atoms with E-state index in [4.69, 9.17) is 9.47 Å². The van der Waals surface area contributed by atoms with Gasteiger partial charge in [0, 0.05) is 33.7 Å². The summed E-state index contributed by atoms with van der Waals surface area (Å²) < 4.78 is 24.4. The highest BCUT2D eigenvalue weighted by Gasteiger charge is 2.07. The first kappa shape index (κ1) is 21.3. The average molecular weight is 388 g/mol. The van der Waals surface area contributed by atoms with Crippen LogP contribution in [0.5, 0.6) is 11.5 Å².